The highest BCUT2D eigenvalue weighted by Gasteiger charge is 2.26. The van der Waals surface area contributed by atoms with E-state index in [9.17, 15) is 8.42 Å². The van der Waals surface area contributed by atoms with E-state index in [1.165, 1.54) is 4.31 Å². The number of aryl methyl sites for hydroxylation is 1. The van der Waals surface area contributed by atoms with Gasteiger partial charge in [0, 0.05) is 24.1 Å². The highest BCUT2D eigenvalue weighted by molar-refractivity contribution is 9.10. The van der Waals surface area contributed by atoms with Gasteiger partial charge in [0.25, 0.3) is 0 Å². The second-order valence-corrected chi connectivity index (χ2v) is 7.63. The summed E-state index contributed by atoms with van der Waals surface area (Å²) >= 11 is 3.39. The van der Waals surface area contributed by atoms with Crippen LogP contribution in [0.25, 0.3) is 0 Å². The fourth-order valence-electron chi connectivity index (χ4n) is 1.74. The third-order valence-corrected chi connectivity index (χ3v) is 6.42. The quantitative estimate of drug-likeness (QED) is 0.889. The molecule has 0 aromatic heterocycles. The van der Waals surface area contributed by atoms with Crippen molar-refractivity contribution in [1.82, 2.24) is 9.62 Å². The maximum Gasteiger partial charge on any atom is 0.244 e. The van der Waals surface area contributed by atoms with Crippen LogP contribution < -0.4 is 5.32 Å². The van der Waals surface area contributed by atoms with Crippen LogP contribution in [0.2, 0.25) is 0 Å². The maximum atomic E-state index is 12.6. The van der Waals surface area contributed by atoms with Crippen LogP contribution in [0.1, 0.15) is 25.0 Å². The number of nitrogens with one attached hydrogen (secondary N) is 1. The predicted molar refractivity (Wildman–Crippen MR) is 81.7 cm³/mol. The molecule has 6 heteroatoms. The van der Waals surface area contributed by atoms with Crippen molar-refractivity contribution in [3.8, 4) is 0 Å². The van der Waals surface area contributed by atoms with Crippen molar-refractivity contribution in [2.75, 3.05) is 14.1 Å². The van der Waals surface area contributed by atoms with Crippen molar-refractivity contribution in [2.45, 2.75) is 38.3 Å². The van der Waals surface area contributed by atoms with E-state index in [2.05, 4.69) is 21.2 Å². The van der Waals surface area contributed by atoms with Crippen LogP contribution in [0.5, 0.6) is 0 Å². The summed E-state index contributed by atoms with van der Waals surface area (Å²) in [5, 5.41) is 3.04. The van der Waals surface area contributed by atoms with Crippen molar-refractivity contribution in [1.29, 1.82) is 0 Å². The lowest BCUT2D eigenvalue weighted by Gasteiger charge is -2.22. The van der Waals surface area contributed by atoms with Gasteiger partial charge in [-0.25, -0.2) is 8.42 Å². The zero-order valence-electron chi connectivity index (χ0n) is 12.0. The zero-order valence-corrected chi connectivity index (χ0v) is 14.4. The number of hydrogen-bond donors (Lipinski definition) is 1. The first-order valence-electron chi connectivity index (χ1n) is 6.13. The smallest absolute Gasteiger partial charge is 0.244 e. The summed E-state index contributed by atoms with van der Waals surface area (Å²) < 4.78 is 27.2. The second kappa shape index (κ2) is 6.35. The summed E-state index contributed by atoms with van der Waals surface area (Å²) in [7, 11) is -0.0308. The molecule has 0 saturated carbocycles. The molecule has 1 aromatic rings. The van der Waals surface area contributed by atoms with E-state index in [-0.39, 0.29) is 6.04 Å². The molecule has 0 aliphatic rings. The average molecular weight is 349 g/mol. The van der Waals surface area contributed by atoms with Gasteiger partial charge >= 0.3 is 0 Å². The third-order valence-electron chi connectivity index (χ3n) is 3.05. The summed E-state index contributed by atoms with van der Waals surface area (Å²) in [6.45, 7) is 6.26. The highest BCUT2D eigenvalue weighted by Crippen LogP contribution is 2.29. The molecule has 0 fully saturated rings. The fraction of sp³-hybridized carbons (Fsp3) is 0.538. The first kappa shape index (κ1) is 16.6. The van der Waals surface area contributed by atoms with E-state index < -0.39 is 10.0 Å². The molecule has 0 radical (unpaired) electrons. The molecule has 0 bridgehead atoms. The molecule has 0 saturated heterocycles. The topological polar surface area (TPSA) is 49.4 Å². The van der Waals surface area contributed by atoms with E-state index in [4.69, 9.17) is 0 Å². The molecule has 1 aromatic carbocycles. The van der Waals surface area contributed by atoms with Gasteiger partial charge in [0.1, 0.15) is 0 Å². The Labute approximate surface area is 124 Å². The molecule has 1 N–H and O–H groups in total. The number of rotatable bonds is 5. The van der Waals surface area contributed by atoms with Gasteiger partial charge in [-0.2, -0.15) is 4.31 Å². The first-order valence-corrected chi connectivity index (χ1v) is 8.36. The molecule has 1 rings (SSSR count). The average Bonchev–Trinajstić information content (AvgIpc) is 2.32. The number of halogens is 1. The fourth-order valence-corrected chi connectivity index (χ4v) is 4.13. The van der Waals surface area contributed by atoms with Crippen molar-refractivity contribution in [3.63, 3.8) is 0 Å². The maximum absolute atomic E-state index is 12.6. The summed E-state index contributed by atoms with van der Waals surface area (Å²) in [6, 6.07) is 3.63. The second-order valence-electron chi connectivity index (χ2n) is 4.87. The Morgan fingerprint density at radius 1 is 1.37 bits per heavy atom. The summed E-state index contributed by atoms with van der Waals surface area (Å²) in [6.07, 6.45) is 0. The Morgan fingerprint density at radius 3 is 2.42 bits per heavy atom. The van der Waals surface area contributed by atoms with Crippen molar-refractivity contribution < 1.29 is 8.42 Å². The van der Waals surface area contributed by atoms with Crippen LogP contribution in [0, 0.1) is 6.92 Å². The van der Waals surface area contributed by atoms with E-state index in [1.54, 1.807) is 13.1 Å². The summed E-state index contributed by atoms with van der Waals surface area (Å²) in [4.78, 5) is 0.328. The SMILES string of the molecule is CNCc1cc(C)c(Br)c(S(=O)(=O)N(C)C(C)C)c1. The molecule has 0 atom stereocenters. The molecule has 0 aliphatic carbocycles. The molecule has 4 nitrogen and oxygen atoms in total. The monoisotopic (exact) mass is 348 g/mol. The van der Waals surface area contributed by atoms with Crippen LogP contribution in [0.3, 0.4) is 0 Å². The lowest BCUT2D eigenvalue weighted by Crippen LogP contribution is -2.33. The van der Waals surface area contributed by atoms with E-state index >= 15 is 0 Å². The molecular weight excluding hydrogens is 328 g/mol. The number of nitrogens with zero attached hydrogens (tertiary/aromatic N) is 1. The Hall–Kier alpha value is -0.430. The van der Waals surface area contributed by atoms with E-state index in [1.807, 2.05) is 33.9 Å². The lowest BCUT2D eigenvalue weighted by atomic mass is 10.1. The van der Waals surface area contributed by atoms with Gasteiger partial charge in [0.2, 0.25) is 10.0 Å². The van der Waals surface area contributed by atoms with E-state index in [0.29, 0.717) is 15.9 Å². The van der Waals surface area contributed by atoms with Crippen LogP contribution in [0.15, 0.2) is 21.5 Å². The summed E-state index contributed by atoms with van der Waals surface area (Å²) in [5.74, 6) is 0. The van der Waals surface area contributed by atoms with Crippen molar-refractivity contribution in [3.05, 3.63) is 27.7 Å². The number of benzene rings is 1. The van der Waals surface area contributed by atoms with Gasteiger partial charge in [-0.1, -0.05) is 6.07 Å². The number of hydrogen-bond acceptors (Lipinski definition) is 3. The highest BCUT2D eigenvalue weighted by atomic mass is 79.9. The van der Waals surface area contributed by atoms with Crippen LogP contribution in [-0.4, -0.2) is 32.9 Å². The van der Waals surface area contributed by atoms with Gasteiger partial charge in [0.15, 0.2) is 0 Å². The molecule has 108 valence electrons. The van der Waals surface area contributed by atoms with Gasteiger partial charge in [-0.3, -0.25) is 0 Å². The molecule has 0 heterocycles. The Kier molecular flexibility index (Phi) is 5.55. The van der Waals surface area contributed by atoms with Crippen LogP contribution in [-0.2, 0) is 16.6 Å². The van der Waals surface area contributed by atoms with Gasteiger partial charge in [-0.05, 0) is 60.9 Å². The molecular formula is C13H21BrN2O2S. The minimum absolute atomic E-state index is 0.0786. The molecule has 0 amide bonds. The summed E-state index contributed by atoms with van der Waals surface area (Å²) in [5.41, 5.74) is 1.88. The Morgan fingerprint density at radius 2 is 1.95 bits per heavy atom. The standard InChI is InChI=1S/C13H21BrN2O2S/c1-9(2)16(5)19(17,18)12-7-11(8-15-4)6-10(3)13(12)14/h6-7,9,15H,8H2,1-5H3. The Balaban J connectivity index is 3.41. The van der Waals surface area contributed by atoms with Gasteiger partial charge in [0.05, 0.1) is 4.90 Å². The minimum Gasteiger partial charge on any atom is -0.316 e. The first-order chi connectivity index (χ1) is 8.71. The normalized spacial score (nSPS) is 12.4. The molecule has 19 heavy (non-hydrogen) atoms. The number of sulfonamides is 1. The van der Waals surface area contributed by atoms with Crippen LogP contribution in [0.4, 0.5) is 0 Å². The van der Waals surface area contributed by atoms with Gasteiger partial charge < -0.3 is 5.32 Å². The predicted octanol–water partition coefficient (Wildman–Crippen LogP) is 2.51. The Bertz CT molecular complexity index is 556. The zero-order chi connectivity index (χ0) is 14.8. The van der Waals surface area contributed by atoms with Crippen molar-refractivity contribution >= 4 is 26.0 Å². The van der Waals surface area contributed by atoms with Gasteiger partial charge in [-0.15, -0.1) is 0 Å². The molecule has 0 spiro atoms. The minimum atomic E-state index is -3.47. The lowest BCUT2D eigenvalue weighted by molar-refractivity contribution is 0.410. The molecule has 0 aliphatic heterocycles. The largest absolute Gasteiger partial charge is 0.316 e. The third kappa shape index (κ3) is 3.56. The van der Waals surface area contributed by atoms with Crippen molar-refractivity contribution in [2.24, 2.45) is 0 Å². The van der Waals surface area contributed by atoms with E-state index in [0.717, 1.165) is 11.1 Å². The van der Waals surface area contributed by atoms with Crippen LogP contribution >= 0.6 is 15.9 Å². The molecule has 0 unspecified atom stereocenters.